The van der Waals surface area contributed by atoms with E-state index in [0.29, 0.717) is 13.1 Å². The van der Waals surface area contributed by atoms with Crippen molar-refractivity contribution in [3.63, 3.8) is 0 Å². The molecule has 2 aromatic rings. The van der Waals surface area contributed by atoms with Crippen LogP contribution in [0.15, 0.2) is 18.2 Å². The summed E-state index contributed by atoms with van der Waals surface area (Å²) in [6.45, 7) is 2.78. The molecule has 0 spiro atoms. The number of esters is 1. The molecule has 1 aromatic carbocycles. The maximum absolute atomic E-state index is 12.8. The number of methoxy groups -OCH3 is 1. The Morgan fingerprint density at radius 3 is 2.90 bits per heavy atom. The lowest BCUT2D eigenvalue weighted by atomic mass is 9.79. The number of nitrogens with one attached hydrogen (secondary N) is 1. The van der Waals surface area contributed by atoms with E-state index >= 15 is 0 Å². The summed E-state index contributed by atoms with van der Waals surface area (Å²) in [5.74, 6) is -0.802. The number of benzene rings is 1. The molecule has 2 fully saturated rings. The van der Waals surface area contributed by atoms with Crippen molar-refractivity contribution in [2.24, 2.45) is 17.8 Å². The van der Waals surface area contributed by atoms with E-state index in [4.69, 9.17) is 4.74 Å². The predicted octanol–water partition coefficient (Wildman–Crippen LogP) is 3.05. The van der Waals surface area contributed by atoms with Crippen molar-refractivity contribution in [2.45, 2.75) is 39.0 Å². The minimum Gasteiger partial charge on any atom is -0.469 e. The number of rotatable bonds is 5. The third kappa shape index (κ3) is 4.19. The van der Waals surface area contributed by atoms with Crippen molar-refractivity contribution < 1.29 is 19.1 Å². The number of aromatic nitrogens is 1. The van der Waals surface area contributed by atoms with E-state index in [1.54, 1.807) is 16.2 Å². The van der Waals surface area contributed by atoms with Gasteiger partial charge in [0.1, 0.15) is 0 Å². The fourth-order valence-corrected chi connectivity index (χ4v) is 5.43. The monoisotopic (exact) mass is 429 g/mol. The summed E-state index contributed by atoms with van der Waals surface area (Å²) in [6, 6.07) is 5.81. The molecule has 0 bridgehead atoms. The molecule has 30 heavy (non-hydrogen) atoms. The molecule has 160 valence electrons. The molecule has 1 aliphatic heterocycles. The van der Waals surface area contributed by atoms with Gasteiger partial charge in [-0.25, -0.2) is 4.98 Å². The first-order valence-corrected chi connectivity index (χ1v) is 11.3. The molecule has 1 N–H and O–H groups in total. The average molecular weight is 430 g/mol. The number of nitrogens with zero attached hydrogens (tertiary/aromatic N) is 2. The van der Waals surface area contributed by atoms with Crippen LogP contribution in [0.4, 0.5) is 5.69 Å². The van der Waals surface area contributed by atoms with Crippen LogP contribution < -0.4 is 10.2 Å². The highest BCUT2D eigenvalue weighted by molar-refractivity contribution is 7.18. The number of aryl methyl sites for hydroxylation is 1. The highest BCUT2D eigenvalue weighted by Crippen LogP contribution is 2.32. The van der Waals surface area contributed by atoms with E-state index in [0.717, 1.165) is 46.6 Å². The highest BCUT2D eigenvalue weighted by atomic mass is 32.1. The molecule has 0 radical (unpaired) electrons. The van der Waals surface area contributed by atoms with Gasteiger partial charge in [-0.15, -0.1) is 11.3 Å². The molecule has 2 heterocycles. The maximum Gasteiger partial charge on any atom is 0.309 e. The summed E-state index contributed by atoms with van der Waals surface area (Å²) in [6.07, 6.45) is 3.98. The van der Waals surface area contributed by atoms with Gasteiger partial charge < -0.3 is 15.0 Å². The fourth-order valence-electron chi connectivity index (χ4n) is 4.62. The summed E-state index contributed by atoms with van der Waals surface area (Å²) in [7, 11) is 1.41. The van der Waals surface area contributed by atoms with Gasteiger partial charge >= 0.3 is 5.97 Å². The molecule has 7 nitrogen and oxygen atoms in total. The Bertz CT molecular complexity index is 972. The van der Waals surface area contributed by atoms with Gasteiger partial charge in [0.15, 0.2) is 0 Å². The lowest BCUT2D eigenvalue weighted by Gasteiger charge is -2.29. The first-order valence-electron chi connectivity index (χ1n) is 10.5. The molecular weight excluding hydrogens is 402 g/mol. The van der Waals surface area contributed by atoms with Gasteiger partial charge in [-0.05, 0) is 43.9 Å². The molecule has 2 aliphatic rings. The Balaban J connectivity index is 1.38. The van der Waals surface area contributed by atoms with Crippen LogP contribution in [0.2, 0.25) is 0 Å². The summed E-state index contributed by atoms with van der Waals surface area (Å²) < 4.78 is 6.02. The van der Waals surface area contributed by atoms with E-state index in [2.05, 4.69) is 10.3 Å². The summed E-state index contributed by atoms with van der Waals surface area (Å²) in [4.78, 5) is 43.5. The van der Waals surface area contributed by atoms with Crippen LogP contribution in [0.3, 0.4) is 0 Å². The van der Waals surface area contributed by atoms with Crippen LogP contribution in [-0.2, 0) is 19.1 Å². The molecule has 3 atom stereocenters. The van der Waals surface area contributed by atoms with Gasteiger partial charge in [0.25, 0.3) is 0 Å². The van der Waals surface area contributed by atoms with E-state index in [1.807, 2.05) is 25.1 Å². The maximum atomic E-state index is 12.8. The molecule has 3 unspecified atom stereocenters. The van der Waals surface area contributed by atoms with Crippen LogP contribution in [-0.4, -0.2) is 43.0 Å². The highest BCUT2D eigenvalue weighted by Gasteiger charge is 2.37. The molecule has 1 saturated carbocycles. The molecule has 8 heteroatoms. The Morgan fingerprint density at radius 2 is 2.10 bits per heavy atom. The molecule has 1 saturated heterocycles. The van der Waals surface area contributed by atoms with Gasteiger partial charge in [0, 0.05) is 25.2 Å². The standard InChI is InChI=1S/C22H27N3O4S/c1-13-24-18-10-16(7-8-19(18)30-13)25-12-15(9-20(25)26)21(27)23-11-14-5-3-4-6-17(14)22(28)29-2/h7-8,10,14-15,17H,3-6,9,11-12H2,1-2H3,(H,23,27). The molecule has 2 amide bonds. The number of hydrogen-bond donors (Lipinski definition) is 1. The van der Waals surface area contributed by atoms with Crippen molar-refractivity contribution in [2.75, 3.05) is 25.1 Å². The number of amides is 2. The van der Waals surface area contributed by atoms with E-state index in [-0.39, 0.29) is 42.0 Å². The van der Waals surface area contributed by atoms with Crippen LogP contribution in [0.5, 0.6) is 0 Å². The normalized spacial score (nSPS) is 24.3. The smallest absolute Gasteiger partial charge is 0.309 e. The van der Waals surface area contributed by atoms with Gasteiger partial charge in [-0.1, -0.05) is 12.8 Å². The van der Waals surface area contributed by atoms with E-state index in [9.17, 15) is 14.4 Å². The van der Waals surface area contributed by atoms with Gasteiger partial charge in [0.05, 0.1) is 34.2 Å². The zero-order valence-corrected chi connectivity index (χ0v) is 18.2. The molecule has 4 rings (SSSR count). The SMILES string of the molecule is COC(=O)C1CCCCC1CNC(=O)C1CC(=O)N(c2ccc3sc(C)nc3c2)C1. The first-order chi connectivity index (χ1) is 14.5. The second kappa shape index (κ2) is 8.71. The zero-order chi connectivity index (χ0) is 21.3. The lowest BCUT2D eigenvalue weighted by molar-refractivity contribution is -0.148. The molecule has 1 aliphatic carbocycles. The topological polar surface area (TPSA) is 88.6 Å². The Kier molecular flexibility index (Phi) is 6.04. The number of carbonyl (C=O) groups is 3. The summed E-state index contributed by atoms with van der Waals surface area (Å²) in [5.41, 5.74) is 1.66. The minimum absolute atomic E-state index is 0.0495. The van der Waals surface area contributed by atoms with E-state index in [1.165, 1.54) is 7.11 Å². The molecular formula is C22H27N3O4S. The Labute approximate surface area is 179 Å². The zero-order valence-electron chi connectivity index (χ0n) is 17.3. The van der Waals surface area contributed by atoms with Crippen LogP contribution in [0.1, 0.15) is 37.1 Å². The quantitative estimate of drug-likeness (QED) is 0.738. The van der Waals surface area contributed by atoms with Crippen molar-refractivity contribution in [3.8, 4) is 0 Å². The summed E-state index contributed by atoms with van der Waals surface area (Å²) in [5, 5.41) is 3.98. The van der Waals surface area contributed by atoms with Crippen LogP contribution in [0.25, 0.3) is 10.2 Å². The van der Waals surface area contributed by atoms with Crippen molar-refractivity contribution in [1.82, 2.24) is 10.3 Å². The van der Waals surface area contributed by atoms with Crippen molar-refractivity contribution >= 4 is 45.0 Å². The second-order valence-corrected chi connectivity index (χ2v) is 9.44. The average Bonchev–Trinajstić information content (AvgIpc) is 3.32. The summed E-state index contributed by atoms with van der Waals surface area (Å²) >= 11 is 1.62. The van der Waals surface area contributed by atoms with Gasteiger partial charge in [-0.3, -0.25) is 14.4 Å². The van der Waals surface area contributed by atoms with Gasteiger partial charge in [-0.2, -0.15) is 0 Å². The van der Waals surface area contributed by atoms with Crippen molar-refractivity contribution in [3.05, 3.63) is 23.2 Å². The Morgan fingerprint density at radius 1 is 1.30 bits per heavy atom. The fraction of sp³-hybridized carbons (Fsp3) is 0.545. The number of thiazole rings is 1. The largest absolute Gasteiger partial charge is 0.469 e. The van der Waals surface area contributed by atoms with Crippen LogP contribution in [0, 0.1) is 24.7 Å². The number of ether oxygens (including phenoxy) is 1. The van der Waals surface area contributed by atoms with Crippen LogP contribution >= 0.6 is 11.3 Å². The Hall–Kier alpha value is -2.48. The number of hydrogen-bond acceptors (Lipinski definition) is 6. The number of anilines is 1. The third-order valence-corrected chi connectivity index (χ3v) is 7.19. The second-order valence-electron chi connectivity index (χ2n) is 8.21. The van der Waals surface area contributed by atoms with Crippen molar-refractivity contribution in [1.29, 1.82) is 0 Å². The number of carbonyl (C=O) groups excluding carboxylic acids is 3. The molecule has 1 aromatic heterocycles. The lowest BCUT2D eigenvalue weighted by Crippen LogP contribution is -2.40. The first kappa shape index (κ1) is 20.8. The third-order valence-electron chi connectivity index (χ3n) is 6.24. The predicted molar refractivity (Wildman–Crippen MR) is 115 cm³/mol. The minimum atomic E-state index is -0.384. The number of fused-ring (bicyclic) bond motifs is 1. The van der Waals surface area contributed by atoms with Gasteiger partial charge in [0.2, 0.25) is 11.8 Å². The van der Waals surface area contributed by atoms with E-state index < -0.39 is 0 Å².